The maximum absolute atomic E-state index is 11.5. The zero-order valence-corrected chi connectivity index (χ0v) is 15.0. The lowest BCUT2D eigenvalue weighted by atomic mass is 10.0. The predicted octanol–water partition coefficient (Wildman–Crippen LogP) is 1.68. The van der Waals surface area contributed by atoms with Crippen LogP contribution in [0.4, 0.5) is 0 Å². The number of sulfonamides is 1. The van der Waals surface area contributed by atoms with E-state index in [9.17, 15) is 8.42 Å². The lowest BCUT2D eigenvalue weighted by Crippen LogP contribution is -2.50. The Labute approximate surface area is 139 Å². The van der Waals surface area contributed by atoms with Gasteiger partial charge in [0.2, 0.25) is 10.0 Å². The van der Waals surface area contributed by atoms with Crippen molar-refractivity contribution in [2.45, 2.75) is 6.04 Å². The molecule has 1 fully saturated rings. The van der Waals surface area contributed by atoms with Gasteiger partial charge in [0, 0.05) is 43.2 Å². The van der Waals surface area contributed by atoms with Gasteiger partial charge in [-0.1, -0.05) is 17.7 Å². The molecule has 1 aliphatic rings. The van der Waals surface area contributed by atoms with Gasteiger partial charge in [0.15, 0.2) is 0 Å². The number of piperazine rings is 1. The van der Waals surface area contributed by atoms with Crippen LogP contribution in [0.3, 0.4) is 0 Å². The zero-order chi connectivity index (χ0) is 15.6. The van der Waals surface area contributed by atoms with E-state index in [1.165, 1.54) is 10.6 Å². The molecule has 21 heavy (non-hydrogen) atoms. The second kappa shape index (κ2) is 6.93. The van der Waals surface area contributed by atoms with Gasteiger partial charge < -0.3 is 5.73 Å². The molecule has 0 amide bonds. The predicted molar refractivity (Wildman–Crippen MR) is 88.9 cm³/mol. The SMILES string of the molecule is CS(=O)(=O)N1CCN(C(CN)c2ccc(Br)c(Cl)c2)CC1. The van der Waals surface area contributed by atoms with Crippen LogP contribution in [0.15, 0.2) is 22.7 Å². The number of hydrogen-bond acceptors (Lipinski definition) is 4. The highest BCUT2D eigenvalue weighted by Crippen LogP contribution is 2.29. The highest BCUT2D eigenvalue weighted by molar-refractivity contribution is 9.10. The maximum atomic E-state index is 11.5. The molecule has 0 spiro atoms. The summed E-state index contributed by atoms with van der Waals surface area (Å²) < 4.78 is 25.4. The Bertz CT molecular complexity index is 603. The Morgan fingerprint density at radius 3 is 2.43 bits per heavy atom. The topological polar surface area (TPSA) is 66.6 Å². The molecule has 1 aliphatic heterocycles. The number of rotatable bonds is 4. The smallest absolute Gasteiger partial charge is 0.211 e. The van der Waals surface area contributed by atoms with Gasteiger partial charge in [0.25, 0.3) is 0 Å². The molecule has 8 heteroatoms. The van der Waals surface area contributed by atoms with Crippen LogP contribution in [0.1, 0.15) is 11.6 Å². The second-order valence-corrected chi connectivity index (χ2v) is 8.37. The van der Waals surface area contributed by atoms with Crippen molar-refractivity contribution in [2.75, 3.05) is 39.0 Å². The largest absolute Gasteiger partial charge is 0.329 e. The molecule has 1 aromatic carbocycles. The Morgan fingerprint density at radius 1 is 1.33 bits per heavy atom. The molecular formula is C13H19BrClN3O2S. The minimum atomic E-state index is -3.11. The Kier molecular flexibility index (Phi) is 5.67. The highest BCUT2D eigenvalue weighted by Gasteiger charge is 2.28. The maximum Gasteiger partial charge on any atom is 0.211 e. The first-order valence-corrected chi connectivity index (χ1v) is 9.69. The molecule has 1 atom stereocenters. The van der Waals surface area contributed by atoms with Crippen LogP contribution >= 0.6 is 27.5 Å². The van der Waals surface area contributed by atoms with E-state index in [1.54, 1.807) is 0 Å². The Balaban J connectivity index is 2.11. The summed E-state index contributed by atoms with van der Waals surface area (Å²) in [5, 5.41) is 0.653. The first-order valence-electron chi connectivity index (χ1n) is 6.67. The summed E-state index contributed by atoms with van der Waals surface area (Å²) in [4.78, 5) is 2.21. The average Bonchev–Trinajstić information content (AvgIpc) is 2.43. The molecule has 0 aliphatic carbocycles. The van der Waals surface area contributed by atoms with E-state index in [0.717, 1.165) is 10.0 Å². The van der Waals surface area contributed by atoms with E-state index < -0.39 is 10.0 Å². The van der Waals surface area contributed by atoms with Crippen molar-refractivity contribution in [3.05, 3.63) is 33.3 Å². The molecular weight excluding hydrogens is 378 g/mol. The van der Waals surface area contributed by atoms with E-state index in [4.69, 9.17) is 17.3 Å². The molecule has 1 unspecified atom stereocenters. The van der Waals surface area contributed by atoms with Crippen molar-refractivity contribution in [1.29, 1.82) is 0 Å². The summed E-state index contributed by atoms with van der Waals surface area (Å²) in [5.74, 6) is 0. The third kappa shape index (κ3) is 4.18. The average molecular weight is 397 g/mol. The normalized spacial score (nSPS) is 19.6. The molecule has 0 aromatic heterocycles. The van der Waals surface area contributed by atoms with E-state index in [2.05, 4.69) is 20.8 Å². The minimum absolute atomic E-state index is 0.0531. The van der Waals surface area contributed by atoms with Crippen molar-refractivity contribution < 1.29 is 8.42 Å². The molecule has 0 bridgehead atoms. The van der Waals surface area contributed by atoms with Crippen LogP contribution in [-0.4, -0.2) is 56.6 Å². The standard InChI is InChI=1S/C13H19BrClN3O2S/c1-21(19,20)18-6-4-17(5-7-18)13(9-16)10-2-3-11(14)12(15)8-10/h2-3,8,13H,4-7,9,16H2,1H3. The summed E-state index contributed by atoms with van der Waals surface area (Å²) in [6, 6.07) is 5.87. The number of halogens is 2. The molecule has 1 aromatic rings. The van der Waals surface area contributed by atoms with Gasteiger partial charge in [-0.25, -0.2) is 8.42 Å². The summed E-state index contributed by atoms with van der Waals surface area (Å²) in [5.41, 5.74) is 6.97. The third-order valence-corrected chi connectivity index (χ3v) is 6.27. The fourth-order valence-electron chi connectivity index (χ4n) is 2.56. The fourth-order valence-corrected chi connectivity index (χ4v) is 3.82. The Hall–Kier alpha value is -0.180. The van der Waals surface area contributed by atoms with E-state index in [0.29, 0.717) is 37.7 Å². The first-order chi connectivity index (χ1) is 9.82. The van der Waals surface area contributed by atoms with Crippen LogP contribution in [-0.2, 0) is 10.0 Å². The number of benzene rings is 1. The van der Waals surface area contributed by atoms with Gasteiger partial charge in [-0.2, -0.15) is 4.31 Å². The van der Waals surface area contributed by atoms with Gasteiger partial charge in [0.1, 0.15) is 0 Å². The summed E-state index contributed by atoms with van der Waals surface area (Å²) in [6.07, 6.45) is 1.25. The minimum Gasteiger partial charge on any atom is -0.329 e. The Morgan fingerprint density at radius 2 is 1.95 bits per heavy atom. The second-order valence-electron chi connectivity index (χ2n) is 5.12. The van der Waals surface area contributed by atoms with Crippen molar-refractivity contribution >= 4 is 37.6 Å². The number of nitrogens with two attached hydrogens (primary N) is 1. The number of hydrogen-bond donors (Lipinski definition) is 1. The molecule has 0 radical (unpaired) electrons. The van der Waals surface area contributed by atoms with Crippen molar-refractivity contribution in [3.8, 4) is 0 Å². The molecule has 118 valence electrons. The van der Waals surface area contributed by atoms with Crippen LogP contribution in [0.5, 0.6) is 0 Å². The lowest BCUT2D eigenvalue weighted by Gasteiger charge is -2.38. The fraction of sp³-hybridized carbons (Fsp3) is 0.538. The van der Waals surface area contributed by atoms with Crippen LogP contribution in [0.25, 0.3) is 0 Å². The first kappa shape index (κ1) is 17.2. The number of nitrogens with zero attached hydrogens (tertiary/aromatic N) is 2. The van der Waals surface area contributed by atoms with Gasteiger partial charge in [-0.3, -0.25) is 4.90 Å². The molecule has 5 nitrogen and oxygen atoms in total. The molecule has 1 saturated heterocycles. The van der Waals surface area contributed by atoms with Crippen LogP contribution < -0.4 is 5.73 Å². The van der Waals surface area contributed by atoms with E-state index in [-0.39, 0.29) is 6.04 Å². The van der Waals surface area contributed by atoms with Crippen LogP contribution in [0, 0.1) is 0 Å². The van der Waals surface area contributed by atoms with Gasteiger partial charge in [-0.15, -0.1) is 0 Å². The zero-order valence-electron chi connectivity index (χ0n) is 11.8. The summed E-state index contributed by atoms with van der Waals surface area (Å²) >= 11 is 9.52. The molecule has 0 saturated carbocycles. The highest BCUT2D eigenvalue weighted by atomic mass is 79.9. The summed E-state index contributed by atoms with van der Waals surface area (Å²) in [6.45, 7) is 2.81. The monoisotopic (exact) mass is 395 g/mol. The van der Waals surface area contributed by atoms with Crippen LogP contribution in [0.2, 0.25) is 5.02 Å². The lowest BCUT2D eigenvalue weighted by molar-refractivity contribution is 0.140. The molecule has 1 heterocycles. The van der Waals surface area contributed by atoms with Gasteiger partial charge >= 0.3 is 0 Å². The van der Waals surface area contributed by atoms with E-state index >= 15 is 0 Å². The third-order valence-electron chi connectivity index (χ3n) is 3.73. The molecule has 2 N–H and O–H groups in total. The van der Waals surface area contributed by atoms with Crippen molar-refractivity contribution in [2.24, 2.45) is 5.73 Å². The van der Waals surface area contributed by atoms with Crippen molar-refractivity contribution in [3.63, 3.8) is 0 Å². The van der Waals surface area contributed by atoms with Gasteiger partial charge in [0.05, 0.1) is 11.3 Å². The summed E-state index contributed by atoms with van der Waals surface area (Å²) in [7, 11) is -3.11. The van der Waals surface area contributed by atoms with Gasteiger partial charge in [-0.05, 0) is 33.6 Å². The quantitative estimate of drug-likeness (QED) is 0.841. The van der Waals surface area contributed by atoms with E-state index in [1.807, 2.05) is 18.2 Å². The molecule has 2 rings (SSSR count). The van der Waals surface area contributed by atoms with Crippen molar-refractivity contribution in [1.82, 2.24) is 9.21 Å².